The number of furan rings is 1. The van der Waals surface area contributed by atoms with Crippen LogP contribution in [-0.2, 0) is 0 Å². The molecule has 0 spiro atoms. The number of nitrogens with one attached hydrogen (secondary N) is 1. The van der Waals surface area contributed by atoms with E-state index in [1.807, 2.05) is 30.3 Å². The number of halogens is 1. The third-order valence-electron chi connectivity index (χ3n) is 5.06. The number of hydrogen-bond donors (Lipinski definition) is 1. The molecular formula is C24H21ClN2O2. The van der Waals surface area contributed by atoms with Gasteiger partial charge >= 0.3 is 0 Å². The maximum absolute atomic E-state index is 6.40. The first-order valence-electron chi connectivity index (χ1n) is 9.39. The number of benzene rings is 3. The topological polar surface area (TPSA) is 46.8 Å². The predicted molar refractivity (Wildman–Crippen MR) is 120 cm³/mol. The van der Waals surface area contributed by atoms with Crippen LogP contribution >= 0.6 is 12.4 Å². The fraction of sp³-hybridized carbons (Fsp3) is 0.125. The van der Waals surface area contributed by atoms with Crippen LogP contribution in [0.15, 0.2) is 82.2 Å². The van der Waals surface area contributed by atoms with Gasteiger partial charge in [0.2, 0.25) is 0 Å². The van der Waals surface area contributed by atoms with Gasteiger partial charge in [0.25, 0.3) is 0 Å². The molecule has 0 atom stereocenters. The smallest absolute Gasteiger partial charge is 0.142 e. The van der Waals surface area contributed by atoms with Crippen molar-refractivity contribution in [2.75, 3.05) is 20.2 Å². The molecule has 0 bridgehead atoms. The summed E-state index contributed by atoms with van der Waals surface area (Å²) in [6, 6.07) is 24.5. The first-order valence-corrected chi connectivity index (χ1v) is 9.39. The molecule has 5 heteroatoms. The van der Waals surface area contributed by atoms with Crippen molar-refractivity contribution in [3.63, 3.8) is 0 Å². The summed E-state index contributed by atoms with van der Waals surface area (Å²) in [5.74, 6) is 2.60. The highest BCUT2D eigenvalue weighted by molar-refractivity contribution is 6.06. The third kappa shape index (κ3) is 3.36. The summed E-state index contributed by atoms with van der Waals surface area (Å²) in [5.41, 5.74) is 5.01. The Hall–Kier alpha value is -3.24. The van der Waals surface area contributed by atoms with Crippen LogP contribution in [0.5, 0.6) is 5.75 Å². The van der Waals surface area contributed by atoms with Gasteiger partial charge in [-0.15, -0.1) is 12.4 Å². The molecule has 0 saturated carbocycles. The normalized spacial score (nSPS) is 12.9. The summed E-state index contributed by atoms with van der Waals surface area (Å²) in [4.78, 5) is 4.58. The molecule has 29 heavy (non-hydrogen) atoms. The van der Waals surface area contributed by atoms with Crippen LogP contribution in [0, 0.1) is 0 Å². The van der Waals surface area contributed by atoms with Gasteiger partial charge in [-0.2, -0.15) is 0 Å². The Balaban J connectivity index is 0.00000205. The molecule has 4 nitrogen and oxygen atoms in total. The second kappa shape index (κ2) is 8.02. The van der Waals surface area contributed by atoms with E-state index in [1.54, 1.807) is 7.11 Å². The van der Waals surface area contributed by atoms with Crippen LogP contribution in [0.2, 0.25) is 0 Å². The Labute approximate surface area is 175 Å². The van der Waals surface area contributed by atoms with Crippen molar-refractivity contribution < 1.29 is 9.15 Å². The number of rotatable bonds is 4. The van der Waals surface area contributed by atoms with Crippen LogP contribution in [0.4, 0.5) is 0 Å². The van der Waals surface area contributed by atoms with E-state index in [9.17, 15) is 0 Å². The molecule has 4 aromatic rings. The quantitative estimate of drug-likeness (QED) is 0.485. The van der Waals surface area contributed by atoms with Crippen LogP contribution in [-0.4, -0.2) is 26.0 Å². The standard InChI is InChI=1S/C24H20N2O2.ClH/c1-27-21-12-5-4-8-17(21)19-11-6-7-16-15-22(28-23(16)19)18-9-2-3-10-20(18)24-25-13-14-26-24;/h2-12,15H,13-14H2,1H3,(H,25,26);1H. The van der Waals surface area contributed by atoms with Crippen LogP contribution in [0.3, 0.4) is 0 Å². The largest absolute Gasteiger partial charge is 0.496 e. The van der Waals surface area contributed by atoms with Gasteiger partial charge in [0.05, 0.1) is 13.7 Å². The monoisotopic (exact) mass is 404 g/mol. The average Bonchev–Trinajstić information content (AvgIpc) is 3.43. The summed E-state index contributed by atoms with van der Waals surface area (Å²) in [6.07, 6.45) is 0. The van der Waals surface area contributed by atoms with Crippen molar-refractivity contribution in [2.45, 2.75) is 0 Å². The highest BCUT2D eigenvalue weighted by Crippen LogP contribution is 2.38. The lowest BCUT2D eigenvalue weighted by Crippen LogP contribution is -2.20. The van der Waals surface area contributed by atoms with Crippen molar-refractivity contribution in [3.8, 4) is 28.2 Å². The van der Waals surface area contributed by atoms with Gasteiger partial charge in [-0.1, -0.05) is 60.7 Å². The second-order valence-corrected chi connectivity index (χ2v) is 6.74. The van der Waals surface area contributed by atoms with E-state index >= 15 is 0 Å². The van der Waals surface area contributed by atoms with Crippen LogP contribution < -0.4 is 10.1 Å². The summed E-state index contributed by atoms with van der Waals surface area (Å²) in [6.45, 7) is 1.68. The average molecular weight is 405 g/mol. The number of para-hydroxylation sites is 2. The molecule has 0 saturated heterocycles. The molecule has 0 aliphatic carbocycles. The minimum atomic E-state index is 0. The number of aliphatic imine (C=N–C) groups is 1. The highest BCUT2D eigenvalue weighted by Gasteiger charge is 2.18. The number of nitrogens with zero attached hydrogens (tertiary/aromatic N) is 1. The van der Waals surface area contributed by atoms with E-state index in [2.05, 4.69) is 52.8 Å². The lowest BCUT2D eigenvalue weighted by molar-refractivity contribution is 0.416. The summed E-state index contributed by atoms with van der Waals surface area (Å²) in [7, 11) is 1.69. The Morgan fingerprint density at radius 1 is 0.862 bits per heavy atom. The molecule has 0 amide bonds. The minimum Gasteiger partial charge on any atom is -0.496 e. The molecule has 1 aliphatic heterocycles. The van der Waals surface area contributed by atoms with Crippen molar-refractivity contribution in [3.05, 3.63) is 78.4 Å². The molecule has 146 valence electrons. The molecule has 3 aromatic carbocycles. The molecule has 1 N–H and O–H groups in total. The van der Waals surface area contributed by atoms with Crippen molar-refractivity contribution in [2.24, 2.45) is 4.99 Å². The molecular weight excluding hydrogens is 384 g/mol. The molecule has 0 unspecified atom stereocenters. The number of methoxy groups -OCH3 is 1. The summed E-state index contributed by atoms with van der Waals surface area (Å²) >= 11 is 0. The second-order valence-electron chi connectivity index (χ2n) is 6.74. The predicted octanol–water partition coefficient (Wildman–Crippen LogP) is 5.55. The number of ether oxygens (including phenoxy) is 1. The molecule has 0 radical (unpaired) electrons. The Kier molecular flexibility index (Phi) is 5.28. The number of fused-ring (bicyclic) bond motifs is 1. The molecule has 0 fully saturated rings. The van der Waals surface area contributed by atoms with E-state index in [0.29, 0.717) is 0 Å². The molecule has 1 aromatic heterocycles. The van der Waals surface area contributed by atoms with E-state index in [1.165, 1.54) is 0 Å². The van der Waals surface area contributed by atoms with Crippen molar-refractivity contribution >= 4 is 29.2 Å². The zero-order valence-electron chi connectivity index (χ0n) is 16.0. The lowest BCUT2D eigenvalue weighted by atomic mass is 10.0. The Morgan fingerprint density at radius 2 is 1.59 bits per heavy atom. The van der Waals surface area contributed by atoms with Gasteiger partial charge in [0.1, 0.15) is 22.9 Å². The first-order chi connectivity index (χ1) is 13.8. The van der Waals surface area contributed by atoms with Gasteiger partial charge in [-0.25, -0.2) is 0 Å². The van der Waals surface area contributed by atoms with Gasteiger partial charge in [0, 0.05) is 34.2 Å². The number of amidine groups is 1. The van der Waals surface area contributed by atoms with Gasteiger partial charge in [-0.3, -0.25) is 4.99 Å². The van der Waals surface area contributed by atoms with Crippen molar-refractivity contribution in [1.82, 2.24) is 5.32 Å². The third-order valence-corrected chi connectivity index (χ3v) is 5.06. The van der Waals surface area contributed by atoms with E-state index in [0.717, 1.165) is 63.7 Å². The summed E-state index contributed by atoms with van der Waals surface area (Å²) in [5, 5.41) is 4.43. The summed E-state index contributed by atoms with van der Waals surface area (Å²) < 4.78 is 12.0. The minimum absolute atomic E-state index is 0. The maximum atomic E-state index is 6.40. The van der Waals surface area contributed by atoms with Crippen LogP contribution in [0.1, 0.15) is 5.56 Å². The zero-order valence-corrected chi connectivity index (χ0v) is 16.8. The lowest BCUT2D eigenvalue weighted by Gasteiger charge is -2.09. The SMILES string of the molecule is COc1ccccc1-c1cccc2cc(-c3ccccc3C3=NCCN3)oc12.Cl. The number of hydrogen-bond acceptors (Lipinski definition) is 4. The zero-order chi connectivity index (χ0) is 18.9. The fourth-order valence-corrected chi connectivity index (χ4v) is 3.76. The van der Waals surface area contributed by atoms with Gasteiger partial charge in [-0.05, 0) is 12.1 Å². The van der Waals surface area contributed by atoms with Gasteiger partial charge in [0.15, 0.2) is 0 Å². The first kappa shape index (κ1) is 19.1. The van der Waals surface area contributed by atoms with Gasteiger partial charge < -0.3 is 14.5 Å². The molecule has 5 rings (SSSR count). The molecule has 1 aliphatic rings. The fourth-order valence-electron chi connectivity index (χ4n) is 3.76. The van der Waals surface area contributed by atoms with E-state index in [-0.39, 0.29) is 12.4 Å². The molecule has 2 heterocycles. The highest BCUT2D eigenvalue weighted by atomic mass is 35.5. The Bertz CT molecular complexity index is 1200. The van der Waals surface area contributed by atoms with Crippen LogP contribution in [0.25, 0.3) is 33.4 Å². The Morgan fingerprint density at radius 3 is 2.34 bits per heavy atom. The van der Waals surface area contributed by atoms with E-state index in [4.69, 9.17) is 9.15 Å². The van der Waals surface area contributed by atoms with Crippen molar-refractivity contribution in [1.29, 1.82) is 0 Å². The maximum Gasteiger partial charge on any atom is 0.142 e. The van der Waals surface area contributed by atoms with E-state index < -0.39 is 0 Å².